The summed E-state index contributed by atoms with van der Waals surface area (Å²) in [6.07, 6.45) is 0.174. The Labute approximate surface area is 42.1 Å². The molecule has 0 aromatic heterocycles. The van der Waals surface area contributed by atoms with Crippen LogP contribution in [0.15, 0.2) is 0 Å². The second-order valence-electron chi connectivity index (χ2n) is 1.67. The maximum absolute atomic E-state index is 10.3. The quantitative estimate of drug-likeness (QED) is 0.412. The van der Waals surface area contributed by atoms with Gasteiger partial charge in [-0.15, -0.1) is 0 Å². The van der Waals surface area contributed by atoms with Gasteiger partial charge in [0.25, 0.3) is 0 Å². The van der Waals surface area contributed by atoms with E-state index in [2.05, 4.69) is 10.6 Å². The molecule has 1 heterocycles. The van der Waals surface area contributed by atoms with Gasteiger partial charge in [-0.05, 0) is 6.92 Å². The Hall–Kier alpha value is -0.570. The van der Waals surface area contributed by atoms with E-state index in [1.807, 2.05) is 6.92 Å². The molecule has 1 saturated heterocycles. The maximum Gasteiger partial charge on any atom is 0.235 e. The van der Waals surface area contributed by atoms with Crippen LogP contribution in [0.4, 0.5) is 0 Å². The van der Waals surface area contributed by atoms with Crippen LogP contribution in [0.3, 0.4) is 0 Å². The van der Waals surface area contributed by atoms with E-state index >= 15 is 0 Å². The molecule has 1 aliphatic rings. The highest BCUT2D eigenvalue weighted by molar-refractivity contribution is 5.80. The van der Waals surface area contributed by atoms with Gasteiger partial charge in [-0.3, -0.25) is 10.1 Å². The standard InChI is InChI=1S/C4H8N2O/c1-3-5-2-4(7)6-3/h3,5H,2H2,1H3,(H,6,7)/t3-/m1/s1. The third kappa shape index (κ3) is 0.899. The van der Waals surface area contributed by atoms with Gasteiger partial charge in [0.2, 0.25) is 5.91 Å². The number of amides is 1. The van der Waals surface area contributed by atoms with Crippen molar-refractivity contribution in [2.24, 2.45) is 0 Å². The average molecular weight is 100 g/mol. The largest absolute Gasteiger partial charge is 0.340 e. The van der Waals surface area contributed by atoms with E-state index in [1.165, 1.54) is 0 Å². The third-order valence-corrected chi connectivity index (χ3v) is 0.946. The summed E-state index contributed by atoms with van der Waals surface area (Å²) in [4.78, 5) is 10.3. The molecule has 0 bridgehead atoms. The first-order valence-corrected chi connectivity index (χ1v) is 2.32. The lowest BCUT2D eigenvalue weighted by Gasteiger charge is -1.96. The summed E-state index contributed by atoms with van der Waals surface area (Å²) < 4.78 is 0. The normalized spacial score (nSPS) is 30.4. The molecule has 0 spiro atoms. The van der Waals surface area contributed by atoms with Crippen LogP contribution < -0.4 is 10.6 Å². The van der Waals surface area contributed by atoms with Crippen molar-refractivity contribution in [1.29, 1.82) is 0 Å². The first-order valence-electron chi connectivity index (χ1n) is 2.32. The summed E-state index contributed by atoms with van der Waals surface area (Å²) in [6.45, 7) is 2.38. The van der Waals surface area contributed by atoms with Gasteiger partial charge in [-0.2, -0.15) is 0 Å². The third-order valence-electron chi connectivity index (χ3n) is 0.946. The van der Waals surface area contributed by atoms with Crippen molar-refractivity contribution in [3.8, 4) is 0 Å². The van der Waals surface area contributed by atoms with E-state index in [9.17, 15) is 4.79 Å². The summed E-state index contributed by atoms with van der Waals surface area (Å²) >= 11 is 0. The SMILES string of the molecule is C[C@@H]1NCC(=O)N1. The fourth-order valence-corrected chi connectivity index (χ4v) is 0.589. The Bertz CT molecular complexity index is 91.7. The van der Waals surface area contributed by atoms with E-state index in [-0.39, 0.29) is 12.1 Å². The highest BCUT2D eigenvalue weighted by Crippen LogP contribution is 1.81. The van der Waals surface area contributed by atoms with Crippen LogP contribution in [0, 0.1) is 0 Å². The van der Waals surface area contributed by atoms with Gasteiger partial charge < -0.3 is 5.32 Å². The molecule has 40 valence electrons. The Morgan fingerprint density at radius 1 is 1.86 bits per heavy atom. The Balaban J connectivity index is 2.40. The van der Waals surface area contributed by atoms with E-state index in [0.717, 1.165) is 0 Å². The van der Waals surface area contributed by atoms with Crippen LogP contribution in [0.1, 0.15) is 6.92 Å². The number of rotatable bonds is 0. The average Bonchev–Trinajstić information content (AvgIpc) is 1.87. The molecule has 1 amide bonds. The van der Waals surface area contributed by atoms with Crippen molar-refractivity contribution in [1.82, 2.24) is 10.6 Å². The van der Waals surface area contributed by atoms with Crippen molar-refractivity contribution in [3.63, 3.8) is 0 Å². The molecule has 1 atom stereocenters. The number of nitrogens with one attached hydrogen (secondary N) is 2. The van der Waals surface area contributed by atoms with Crippen molar-refractivity contribution in [2.75, 3.05) is 6.54 Å². The zero-order chi connectivity index (χ0) is 5.28. The van der Waals surface area contributed by atoms with Crippen LogP contribution >= 0.6 is 0 Å². The molecule has 0 aromatic rings. The highest BCUT2D eigenvalue weighted by Gasteiger charge is 2.13. The Kier molecular flexibility index (Phi) is 0.982. The molecule has 0 radical (unpaired) electrons. The molecule has 7 heavy (non-hydrogen) atoms. The predicted molar refractivity (Wildman–Crippen MR) is 25.6 cm³/mol. The summed E-state index contributed by atoms with van der Waals surface area (Å²) in [5.41, 5.74) is 0. The molecule has 3 heteroatoms. The summed E-state index contributed by atoms with van der Waals surface area (Å²) in [6, 6.07) is 0. The van der Waals surface area contributed by atoms with Gasteiger partial charge >= 0.3 is 0 Å². The van der Waals surface area contributed by atoms with Crippen molar-refractivity contribution >= 4 is 5.91 Å². The molecule has 0 aromatic carbocycles. The molecule has 0 aliphatic carbocycles. The minimum Gasteiger partial charge on any atom is -0.340 e. The number of carbonyl (C=O) groups is 1. The molecule has 1 rings (SSSR count). The second-order valence-corrected chi connectivity index (χ2v) is 1.67. The summed E-state index contributed by atoms with van der Waals surface area (Å²) in [7, 11) is 0. The number of hydrogen-bond donors (Lipinski definition) is 2. The molecule has 0 unspecified atom stereocenters. The van der Waals surface area contributed by atoms with E-state index in [0.29, 0.717) is 6.54 Å². The van der Waals surface area contributed by atoms with Gasteiger partial charge in [0.15, 0.2) is 0 Å². The van der Waals surface area contributed by atoms with Crippen LogP contribution in [-0.4, -0.2) is 18.6 Å². The van der Waals surface area contributed by atoms with Gasteiger partial charge in [0.1, 0.15) is 0 Å². The van der Waals surface area contributed by atoms with Crippen molar-refractivity contribution < 1.29 is 4.79 Å². The van der Waals surface area contributed by atoms with Crippen LogP contribution in [-0.2, 0) is 4.79 Å². The fraction of sp³-hybridized carbons (Fsp3) is 0.750. The van der Waals surface area contributed by atoms with E-state index in [1.54, 1.807) is 0 Å². The molecule has 3 nitrogen and oxygen atoms in total. The summed E-state index contributed by atoms with van der Waals surface area (Å²) in [5.74, 6) is 0.0903. The van der Waals surface area contributed by atoms with Crippen LogP contribution in [0.2, 0.25) is 0 Å². The number of carbonyl (C=O) groups excluding carboxylic acids is 1. The van der Waals surface area contributed by atoms with Gasteiger partial charge in [0, 0.05) is 0 Å². The highest BCUT2D eigenvalue weighted by atomic mass is 16.2. The van der Waals surface area contributed by atoms with Crippen LogP contribution in [0.25, 0.3) is 0 Å². The minimum absolute atomic E-state index is 0.0903. The lowest BCUT2D eigenvalue weighted by Crippen LogP contribution is -2.27. The van der Waals surface area contributed by atoms with Gasteiger partial charge in [-0.1, -0.05) is 0 Å². The first kappa shape index (κ1) is 4.59. The lowest BCUT2D eigenvalue weighted by atomic mass is 10.6. The molecule has 0 saturated carbocycles. The molecular weight excluding hydrogens is 92.1 g/mol. The van der Waals surface area contributed by atoms with E-state index < -0.39 is 0 Å². The number of hydrogen-bond acceptors (Lipinski definition) is 2. The molecule has 1 aliphatic heterocycles. The lowest BCUT2D eigenvalue weighted by molar-refractivity contribution is -0.118. The topological polar surface area (TPSA) is 41.1 Å². The first-order chi connectivity index (χ1) is 3.29. The van der Waals surface area contributed by atoms with Gasteiger partial charge in [0.05, 0.1) is 12.7 Å². The predicted octanol–water partition coefficient (Wildman–Crippen LogP) is -0.948. The second kappa shape index (κ2) is 1.50. The summed E-state index contributed by atoms with van der Waals surface area (Å²) in [5, 5.41) is 5.58. The zero-order valence-corrected chi connectivity index (χ0v) is 4.19. The van der Waals surface area contributed by atoms with Crippen LogP contribution in [0.5, 0.6) is 0 Å². The molecular formula is C4H8N2O. The minimum atomic E-state index is 0.0903. The Morgan fingerprint density at radius 2 is 2.57 bits per heavy atom. The van der Waals surface area contributed by atoms with Gasteiger partial charge in [-0.25, -0.2) is 0 Å². The Morgan fingerprint density at radius 3 is 2.71 bits per heavy atom. The molecule has 2 N–H and O–H groups in total. The maximum atomic E-state index is 10.3. The van der Waals surface area contributed by atoms with Crippen molar-refractivity contribution in [3.05, 3.63) is 0 Å². The smallest absolute Gasteiger partial charge is 0.235 e. The monoisotopic (exact) mass is 100 g/mol. The van der Waals surface area contributed by atoms with E-state index in [4.69, 9.17) is 0 Å². The van der Waals surface area contributed by atoms with Crippen molar-refractivity contribution in [2.45, 2.75) is 13.1 Å². The zero-order valence-electron chi connectivity index (χ0n) is 4.19. The fourth-order valence-electron chi connectivity index (χ4n) is 0.589. The molecule has 1 fully saturated rings.